The summed E-state index contributed by atoms with van der Waals surface area (Å²) < 4.78 is 0. The second-order valence-corrected chi connectivity index (χ2v) is 9.43. The summed E-state index contributed by atoms with van der Waals surface area (Å²) in [4.78, 5) is 17.5. The molecule has 0 amide bonds. The van der Waals surface area contributed by atoms with Crippen molar-refractivity contribution in [2.24, 2.45) is 5.92 Å². The Kier molecular flexibility index (Phi) is 4.94. The quantitative estimate of drug-likeness (QED) is 0.475. The van der Waals surface area contributed by atoms with Gasteiger partial charge in [-0.3, -0.25) is 0 Å². The molecule has 8 heteroatoms. The second kappa shape index (κ2) is 7.75. The molecule has 1 aliphatic rings. The molecule has 0 atom stereocenters. The number of fused-ring (bicyclic) bond motifs is 1. The lowest BCUT2D eigenvalue weighted by atomic mass is 9.87. The van der Waals surface area contributed by atoms with E-state index in [1.165, 1.54) is 25.7 Å². The Morgan fingerprint density at radius 3 is 2.67 bits per heavy atom. The van der Waals surface area contributed by atoms with Crippen molar-refractivity contribution in [3.8, 4) is 22.0 Å². The standard InChI is InChI=1S/C22H25N7S/c1-12-4-6-15(7-5-12)25-22-24-10-13(2)19(27-22)17-11-23-20-16(17)8-9-18(26-20)21-29-28-14(3)30-21/h8-12,15H,4-7H2,1-3H3,(H,23,26)(H,24,25,27). The summed E-state index contributed by atoms with van der Waals surface area (Å²) >= 11 is 1.55. The van der Waals surface area contributed by atoms with Crippen LogP contribution in [0.3, 0.4) is 0 Å². The maximum absolute atomic E-state index is 4.87. The number of hydrogen-bond donors (Lipinski definition) is 2. The van der Waals surface area contributed by atoms with E-state index in [0.29, 0.717) is 12.0 Å². The smallest absolute Gasteiger partial charge is 0.223 e. The predicted molar refractivity (Wildman–Crippen MR) is 121 cm³/mol. The highest BCUT2D eigenvalue weighted by Gasteiger charge is 2.20. The van der Waals surface area contributed by atoms with E-state index in [1.807, 2.05) is 32.3 Å². The summed E-state index contributed by atoms with van der Waals surface area (Å²) in [5, 5.41) is 14.7. The zero-order valence-electron chi connectivity index (χ0n) is 17.4. The zero-order chi connectivity index (χ0) is 20.7. The van der Waals surface area contributed by atoms with Crippen LogP contribution in [0.2, 0.25) is 0 Å². The summed E-state index contributed by atoms with van der Waals surface area (Å²) in [5.41, 5.74) is 4.67. The van der Waals surface area contributed by atoms with Gasteiger partial charge < -0.3 is 10.3 Å². The normalized spacial score (nSPS) is 19.3. The zero-order valence-corrected chi connectivity index (χ0v) is 18.3. The number of anilines is 1. The minimum Gasteiger partial charge on any atom is -0.351 e. The molecule has 0 unspecified atom stereocenters. The molecule has 0 saturated heterocycles. The third kappa shape index (κ3) is 3.67. The molecule has 1 fully saturated rings. The average Bonchev–Trinajstić information content (AvgIpc) is 3.37. The van der Waals surface area contributed by atoms with Gasteiger partial charge in [0.25, 0.3) is 0 Å². The van der Waals surface area contributed by atoms with E-state index in [1.54, 1.807) is 11.3 Å². The molecule has 0 bridgehead atoms. The highest BCUT2D eigenvalue weighted by molar-refractivity contribution is 7.14. The SMILES string of the molecule is Cc1nnc(-c2ccc3c(-c4nc(NC5CCC(C)CC5)ncc4C)c[nH]c3n2)s1. The Balaban J connectivity index is 1.46. The lowest BCUT2D eigenvalue weighted by Gasteiger charge is -2.27. The molecule has 0 radical (unpaired) electrons. The van der Waals surface area contributed by atoms with Gasteiger partial charge in [-0.2, -0.15) is 0 Å². The number of hydrogen-bond acceptors (Lipinski definition) is 7. The van der Waals surface area contributed by atoms with Crippen molar-refractivity contribution in [2.45, 2.75) is 52.5 Å². The Bertz CT molecular complexity index is 1190. The fourth-order valence-corrected chi connectivity index (χ4v) is 4.75. The number of aromatic nitrogens is 6. The molecule has 7 nitrogen and oxygen atoms in total. The molecule has 4 aromatic heterocycles. The van der Waals surface area contributed by atoms with Gasteiger partial charge in [0.2, 0.25) is 5.95 Å². The van der Waals surface area contributed by atoms with Crippen LogP contribution in [0.15, 0.2) is 24.5 Å². The second-order valence-electron chi connectivity index (χ2n) is 8.25. The van der Waals surface area contributed by atoms with Crippen molar-refractivity contribution >= 4 is 28.3 Å². The van der Waals surface area contributed by atoms with E-state index in [9.17, 15) is 0 Å². The summed E-state index contributed by atoms with van der Waals surface area (Å²) in [6.45, 7) is 6.33. The lowest BCUT2D eigenvalue weighted by molar-refractivity contribution is 0.360. The van der Waals surface area contributed by atoms with Gasteiger partial charge in [0, 0.05) is 29.4 Å². The topological polar surface area (TPSA) is 92.3 Å². The minimum atomic E-state index is 0.458. The number of H-pyrrole nitrogens is 1. The van der Waals surface area contributed by atoms with Crippen molar-refractivity contribution in [1.82, 2.24) is 30.1 Å². The van der Waals surface area contributed by atoms with Crippen LogP contribution in [-0.2, 0) is 0 Å². The molecule has 1 saturated carbocycles. The molecule has 30 heavy (non-hydrogen) atoms. The molecule has 5 rings (SSSR count). The molecule has 4 heterocycles. The molecular formula is C22H25N7S. The first-order valence-corrected chi connectivity index (χ1v) is 11.3. The molecule has 1 aliphatic carbocycles. The predicted octanol–water partition coefficient (Wildman–Crippen LogP) is 5.15. The van der Waals surface area contributed by atoms with Crippen molar-refractivity contribution < 1.29 is 0 Å². The molecule has 2 N–H and O–H groups in total. The maximum Gasteiger partial charge on any atom is 0.223 e. The van der Waals surface area contributed by atoms with E-state index in [2.05, 4.69) is 38.5 Å². The first-order valence-electron chi connectivity index (χ1n) is 10.5. The van der Waals surface area contributed by atoms with E-state index in [-0.39, 0.29) is 0 Å². The van der Waals surface area contributed by atoms with Crippen molar-refractivity contribution in [2.75, 3.05) is 5.32 Å². The first kappa shape index (κ1) is 19.1. The van der Waals surface area contributed by atoms with Gasteiger partial charge in [0.15, 0.2) is 5.01 Å². The van der Waals surface area contributed by atoms with Gasteiger partial charge in [0.1, 0.15) is 16.3 Å². The van der Waals surface area contributed by atoms with Crippen molar-refractivity contribution in [3.05, 3.63) is 35.1 Å². The van der Waals surface area contributed by atoms with Crippen LogP contribution in [0.5, 0.6) is 0 Å². The maximum atomic E-state index is 4.87. The number of nitrogens with zero attached hydrogens (tertiary/aromatic N) is 5. The molecule has 0 aromatic carbocycles. The molecule has 0 spiro atoms. The largest absolute Gasteiger partial charge is 0.351 e. The molecule has 0 aliphatic heterocycles. The van der Waals surface area contributed by atoms with E-state index < -0.39 is 0 Å². The third-order valence-electron chi connectivity index (χ3n) is 5.86. The summed E-state index contributed by atoms with van der Waals surface area (Å²) in [6, 6.07) is 4.54. The Morgan fingerprint density at radius 1 is 1.07 bits per heavy atom. The minimum absolute atomic E-state index is 0.458. The third-order valence-corrected chi connectivity index (χ3v) is 6.72. The van der Waals surface area contributed by atoms with Gasteiger partial charge in [-0.25, -0.2) is 15.0 Å². The number of aryl methyl sites for hydroxylation is 2. The van der Waals surface area contributed by atoms with Crippen LogP contribution in [0, 0.1) is 19.8 Å². The number of aromatic amines is 1. The van der Waals surface area contributed by atoms with Crippen molar-refractivity contribution in [1.29, 1.82) is 0 Å². The van der Waals surface area contributed by atoms with Gasteiger partial charge >= 0.3 is 0 Å². The molecular weight excluding hydrogens is 394 g/mol. The number of rotatable bonds is 4. The average molecular weight is 420 g/mol. The van der Waals surface area contributed by atoms with E-state index in [4.69, 9.17) is 9.97 Å². The first-order chi connectivity index (χ1) is 14.6. The number of nitrogens with one attached hydrogen (secondary N) is 2. The van der Waals surface area contributed by atoms with E-state index >= 15 is 0 Å². The van der Waals surface area contributed by atoms with Gasteiger partial charge in [-0.05, 0) is 63.1 Å². The van der Waals surface area contributed by atoms with Gasteiger partial charge in [-0.1, -0.05) is 18.3 Å². The number of pyridine rings is 1. The monoisotopic (exact) mass is 419 g/mol. The fourth-order valence-electron chi connectivity index (χ4n) is 4.09. The Hall–Kier alpha value is -2.87. The molecule has 154 valence electrons. The van der Waals surface area contributed by atoms with Crippen LogP contribution in [0.25, 0.3) is 33.0 Å². The highest BCUT2D eigenvalue weighted by Crippen LogP contribution is 2.32. The van der Waals surface area contributed by atoms with Crippen LogP contribution in [0.1, 0.15) is 43.2 Å². The van der Waals surface area contributed by atoms with Crippen LogP contribution >= 0.6 is 11.3 Å². The molecule has 4 aromatic rings. The van der Waals surface area contributed by atoms with Gasteiger partial charge in [-0.15, -0.1) is 10.2 Å². The van der Waals surface area contributed by atoms with Crippen LogP contribution < -0.4 is 5.32 Å². The van der Waals surface area contributed by atoms with E-state index in [0.717, 1.165) is 49.5 Å². The lowest BCUT2D eigenvalue weighted by Crippen LogP contribution is -2.26. The van der Waals surface area contributed by atoms with Crippen LogP contribution in [0.4, 0.5) is 5.95 Å². The van der Waals surface area contributed by atoms with Gasteiger partial charge in [0.05, 0.1) is 5.69 Å². The highest BCUT2D eigenvalue weighted by atomic mass is 32.1. The van der Waals surface area contributed by atoms with Crippen molar-refractivity contribution in [3.63, 3.8) is 0 Å². The Morgan fingerprint density at radius 2 is 1.90 bits per heavy atom. The van der Waals surface area contributed by atoms with Crippen LogP contribution in [-0.4, -0.2) is 36.2 Å². The fraction of sp³-hybridized carbons (Fsp3) is 0.409. The summed E-state index contributed by atoms with van der Waals surface area (Å²) in [5.74, 6) is 1.53. The summed E-state index contributed by atoms with van der Waals surface area (Å²) in [6.07, 6.45) is 8.77. The Labute approximate surface area is 179 Å². The summed E-state index contributed by atoms with van der Waals surface area (Å²) in [7, 11) is 0.